The Kier molecular flexibility index (Phi) is 3.86. The number of carbonyl (C=O) groups excluding carboxylic acids is 3. The fourth-order valence-electron chi connectivity index (χ4n) is 0.784. The lowest BCUT2D eigenvalue weighted by Crippen LogP contribution is -2.33. The van der Waals surface area contributed by atoms with Crippen LogP contribution < -0.4 is 0 Å². The summed E-state index contributed by atoms with van der Waals surface area (Å²) in [5.74, 6) is -5.99. The van der Waals surface area contributed by atoms with Gasteiger partial charge in [0.15, 0.2) is 0 Å². The van der Waals surface area contributed by atoms with Crippen molar-refractivity contribution in [3.63, 3.8) is 0 Å². The first-order chi connectivity index (χ1) is 7.69. The summed E-state index contributed by atoms with van der Waals surface area (Å²) in [6.07, 6.45) is -2.60. The van der Waals surface area contributed by atoms with E-state index in [9.17, 15) is 14.4 Å². The maximum absolute atomic E-state index is 11.5. The molecule has 1 N–H and O–H groups in total. The topological polar surface area (TPSA) is 93.5 Å². The van der Waals surface area contributed by atoms with Crippen molar-refractivity contribution in [3.05, 3.63) is 0 Å². The first-order valence-electron chi connectivity index (χ1n) is 4.95. The van der Waals surface area contributed by atoms with Crippen LogP contribution in [0.25, 0.3) is 0 Å². The molecule has 1 atom stereocenters. The van der Waals surface area contributed by atoms with Gasteiger partial charge in [0.1, 0.15) is 5.92 Å². The molecule has 0 aromatic heterocycles. The predicted octanol–water partition coefficient (Wildman–Crippen LogP) is -0.0525. The lowest BCUT2D eigenvalue weighted by atomic mass is 9.98. The molecule has 0 aromatic carbocycles. The van der Waals surface area contributed by atoms with Crippen LogP contribution in [0.15, 0.2) is 0 Å². The second-order valence-corrected chi connectivity index (χ2v) is 2.58. The number of ketones is 1. The molecule has 0 aliphatic heterocycles. The Balaban J connectivity index is 5.45. The highest BCUT2D eigenvalue weighted by molar-refractivity contribution is 6.38. The quantitative estimate of drug-likeness (QED) is 0.301. The molecule has 0 saturated carbocycles. The van der Waals surface area contributed by atoms with Crippen molar-refractivity contribution in [2.45, 2.75) is 13.3 Å². The van der Waals surface area contributed by atoms with Gasteiger partial charge in [-0.3, -0.25) is 9.59 Å². The summed E-state index contributed by atoms with van der Waals surface area (Å²) in [7, 11) is 1.89. The molecule has 6 nitrogen and oxygen atoms in total. The van der Waals surface area contributed by atoms with Crippen LogP contribution in [0.4, 0.5) is 0 Å². The van der Waals surface area contributed by atoms with E-state index in [-0.39, 0.29) is 0 Å². The molecule has 0 aliphatic carbocycles. The van der Waals surface area contributed by atoms with Crippen molar-refractivity contribution in [2.24, 2.45) is 5.92 Å². The van der Waals surface area contributed by atoms with Gasteiger partial charge in [0, 0.05) is 14.8 Å². The van der Waals surface area contributed by atoms with Crippen molar-refractivity contribution in [3.8, 4) is 0 Å². The molecule has 84 valence electrons. The SMILES string of the molecule is [2H]C([2H])(C(C)=N)C(C(=O)OC)C(=O)C(=O)OC. The molecule has 0 rings (SSSR count). The first kappa shape index (κ1) is 9.82. The van der Waals surface area contributed by atoms with Crippen molar-refractivity contribution in [1.29, 1.82) is 5.41 Å². The molecular formula is C9H13NO5. The summed E-state index contributed by atoms with van der Waals surface area (Å²) in [6.45, 7) is 1.08. The zero-order chi connectivity index (χ0) is 13.8. The van der Waals surface area contributed by atoms with E-state index in [1.807, 2.05) is 0 Å². The summed E-state index contributed by atoms with van der Waals surface area (Å²) in [5, 5.41) is 7.20. The lowest BCUT2D eigenvalue weighted by Gasteiger charge is -2.10. The second-order valence-electron chi connectivity index (χ2n) is 2.58. The normalized spacial score (nSPS) is 14.3. The van der Waals surface area contributed by atoms with Crippen LogP contribution in [0.3, 0.4) is 0 Å². The molecule has 0 radical (unpaired) electrons. The Hall–Kier alpha value is -1.72. The zero-order valence-corrected chi connectivity index (χ0v) is 8.62. The van der Waals surface area contributed by atoms with Crippen LogP contribution in [0.2, 0.25) is 0 Å². The van der Waals surface area contributed by atoms with Gasteiger partial charge in [-0.2, -0.15) is 0 Å². The van der Waals surface area contributed by atoms with Crippen molar-refractivity contribution < 1.29 is 26.6 Å². The highest BCUT2D eigenvalue weighted by atomic mass is 16.5. The molecule has 0 aromatic rings. The molecule has 1 unspecified atom stereocenters. The summed E-state index contributed by atoms with van der Waals surface area (Å²) in [4.78, 5) is 33.9. The van der Waals surface area contributed by atoms with E-state index in [0.717, 1.165) is 21.1 Å². The highest BCUT2D eigenvalue weighted by Crippen LogP contribution is 2.09. The maximum atomic E-state index is 11.5. The molecule has 6 heteroatoms. The molecular weight excluding hydrogens is 202 g/mol. The second kappa shape index (κ2) is 5.90. The van der Waals surface area contributed by atoms with Gasteiger partial charge in [-0.15, -0.1) is 0 Å². The van der Waals surface area contributed by atoms with Crippen LogP contribution in [0.1, 0.15) is 16.0 Å². The number of rotatable bonds is 5. The van der Waals surface area contributed by atoms with Crippen LogP contribution >= 0.6 is 0 Å². The number of esters is 2. The number of methoxy groups -OCH3 is 2. The minimum Gasteiger partial charge on any atom is -0.468 e. The van der Waals surface area contributed by atoms with Crippen LogP contribution in [-0.2, 0) is 23.9 Å². The molecule has 0 aliphatic rings. The average molecular weight is 217 g/mol. The number of hydrogen-bond donors (Lipinski definition) is 1. The Morgan fingerprint density at radius 2 is 1.87 bits per heavy atom. The monoisotopic (exact) mass is 217 g/mol. The van der Waals surface area contributed by atoms with E-state index in [1.54, 1.807) is 0 Å². The third kappa shape index (κ3) is 3.88. The number of hydrogen-bond acceptors (Lipinski definition) is 6. The third-order valence-electron chi connectivity index (χ3n) is 1.45. The van der Waals surface area contributed by atoms with Gasteiger partial charge < -0.3 is 14.9 Å². The lowest BCUT2D eigenvalue weighted by molar-refractivity contribution is -0.159. The standard InChI is InChI=1S/C9H13NO5/c1-5(10)4-6(8(12)14-2)7(11)9(13)15-3/h6,10H,4H2,1-3H3/i4D2. The van der Waals surface area contributed by atoms with Crippen molar-refractivity contribution >= 4 is 23.4 Å². The Morgan fingerprint density at radius 1 is 1.33 bits per heavy atom. The summed E-state index contributed by atoms with van der Waals surface area (Å²) < 4.78 is 23.4. The molecule has 0 spiro atoms. The Bertz CT molecular complexity index is 366. The zero-order valence-electron chi connectivity index (χ0n) is 10.6. The summed E-state index contributed by atoms with van der Waals surface area (Å²) in [6, 6.07) is 0. The Morgan fingerprint density at radius 3 is 2.20 bits per heavy atom. The summed E-state index contributed by atoms with van der Waals surface area (Å²) in [5.41, 5.74) is -0.565. The highest BCUT2D eigenvalue weighted by Gasteiger charge is 2.33. The number of ether oxygens (including phenoxy) is 2. The molecule has 0 saturated heterocycles. The van der Waals surface area contributed by atoms with E-state index in [4.69, 9.17) is 8.15 Å². The van der Waals surface area contributed by atoms with Gasteiger partial charge in [0.25, 0.3) is 5.78 Å². The van der Waals surface area contributed by atoms with E-state index < -0.39 is 35.7 Å². The number of nitrogens with one attached hydrogen (secondary N) is 1. The van der Waals surface area contributed by atoms with Gasteiger partial charge in [-0.1, -0.05) is 0 Å². The van der Waals surface area contributed by atoms with Gasteiger partial charge >= 0.3 is 11.9 Å². The molecule has 15 heavy (non-hydrogen) atoms. The predicted molar refractivity (Wildman–Crippen MR) is 50.5 cm³/mol. The van der Waals surface area contributed by atoms with Gasteiger partial charge in [0.2, 0.25) is 0 Å². The number of carbonyl (C=O) groups is 3. The van der Waals surface area contributed by atoms with E-state index in [1.165, 1.54) is 0 Å². The summed E-state index contributed by atoms with van der Waals surface area (Å²) >= 11 is 0. The maximum Gasteiger partial charge on any atom is 0.375 e. The average Bonchev–Trinajstić information content (AvgIpc) is 2.26. The largest absolute Gasteiger partial charge is 0.468 e. The minimum absolute atomic E-state index is 0.565. The first-order valence-corrected chi connectivity index (χ1v) is 3.95. The van der Waals surface area contributed by atoms with Crippen LogP contribution in [-0.4, -0.2) is 37.7 Å². The molecule has 0 fully saturated rings. The van der Waals surface area contributed by atoms with Crippen LogP contribution in [0, 0.1) is 11.3 Å². The van der Waals surface area contributed by atoms with E-state index >= 15 is 0 Å². The molecule has 0 bridgehead atoms. The van der Waals surface area contributed by atoms with Crippen molar-refractivity contribution in [1.82, 2.24) is 0 Å². The van der Waals surface area contributed by atoms with E-state index in [2.05, 4.69) is 9.47 Å². The Labute approximate surface area is 89.9 Å². The van der Waals surface area contributed by atoms with E-state index in [0.29, 0.717) is 0 Å². The molecule has 0 amide bonds. The fraction of sp³-hybridized carbons (Fsp3) is 0.556. The molecule has 0 heterocycles. The number of Topliss-reactive ketones (excluding diaryl/α,β-unsaturated/α-hetero) is 1. The van der Waals surface area contributed by atoms with Crippen LogP contribution in [0.5, 0.6) is 0 Å². The van der Waals surface area contributed by atoms with Gasteiger partial charge in [-0.25, -0.2) is 4.79 Å². The fourth-order valence-corrected chi connectivity index (χ4v) is 0.784. The van der Waals surface area contributed by atoms with Gasteiger partial charge in [-0.05, 0) is 6.92 Å². The minimum atomic E-state index is -2.60. The van der Waals surface area contributed by atoms with Crippen molar-refractivity contribution in [2.75, 3.05) is 14.2 Å². The van der Waals surface area contributed by atoms with Gasteiger partial charge in [0.05, 0.1) is 14.2 Å². The smallest absolute Gasteiger partial charge is 0.375 e. The third-order valence-corrected chi connectivity index (χ3v) is 1.45.